The number of aromatic nitrogens is 1. The quantitative estimate of drug-likeness (QED) is 0.890. The standard InChI is InChI=1S/C14H23N3.ClH/c1-2-11-17(14-6-9-15-10-7-14)12-13-5-3-4-8-16-13;/h3-5,8,14-15H,2,6-7,9-12H2,1H3;1H. The Morgan fingerprint density at radius 1 is 1.33 bits per heavy atom. The number of nitrogens with one attached hydrogen (secondary N) is 1. The molecule has 0 spiro atoms. The van der Waals surface area contributed by atoms with Crippen molar-refractivity contribution < 1.29 is 0 Å². The maximum atomic E-state index is 4.44. The molecule has 102 valence electrons. The van der Waals surface area contributed by atoms with Crippen LogP contribution in [0.4, 0.5) is 0 Å². The first-order chi connectivity index (χ1) is 8.40. The molecule has 18 heavy (non-hydrogen) atoms. The number of pyridine rings is 1. The van der Waals surface area contributed by atoms with Gasteiger partial charge in [-0.3, -0.25) is 9.88 Å². The van der Waals surface area contributed by atoms with Gasteiger partial charge in [-0.1, -0.05) is 13.0 Å². The van der Waals surface area contributed by atoms with E-state index < -0.39 is 0 Å². The van der Waals surface area contributed by atoms with Crippen molar-refractivity contribution in [2.45, 2.75) is 38.8 Å². The maximum Gasteiger partial charge on any atom is 0.0544 e. The summed E-state index contributed by atoms with van der Waals surface area (Å²) in [6.45, 7) is 6.76. The summed E-state index contributed by atoms with van der Waals surface area (Å²) in [6.07, 6.45) is 5.65. The number of rotatable bonds is 5. The molecule has 0 saturated carbocycles. The van der Waals surface area contributed by atoms with E-state index in [9.17, 15) is 0 Å². The minimum absolute atomic E-state index is 0. The van der Waals surface area contributed by atoms with Crippen LogP contribution < -0.4 is 5.32 Å². The smallest absolute Gasteiger partial charge is 0.0544 e. The Balaban J connectivity index is 0.00000162. The first kappa shape index (κ1) is 15.4. The molecule has 1 aliphatic rings. The third-order valence-electron chi connectivity index (χ3n) is 3.43. The van der Waals surface area contributed by atoms with Gasteiger partial charge in [0, 0.05) is 18.8 Å². The molecule has 2 rings (SSSR count). The summed E-state index contributed by atoms with van der Waals surface area (Å²) in [6, 6.07) is 6.93. The predicted octanol–water partition coefficient (Wildman–Crippen LogP) is 2.47. The monoisotopic (exact) mass is 269 g/mol. The van der Waals surface area contributed by atoms with E-state index >= 15 is 0 Å². The number of nitrogens with zero attached hydrogens (tertiary/aromatic N) is 2. The largest absolute Gasteiger partial charge is 0.317 e. The van der Waals surface area contributed by atoms with E-state index in [1.807, 2.05) is 12.3 Å². The fourth-order valence-electron chi connectivity index (χ4n) is 2.55. The van der Waals surface area contributed by atoms with E-state index in [0.29, 0.717) is 0 Å². The molecule has 0 aromatic carbocycles. The fraction of sp³-hybridized carbons (Fsp3) is 0.643. The molecular formula is C14H24ClN3. The Morgan fingerprint density at radius 2 is 2.11 bits per heavy atom. The molecule has 3 nitrogen and oxygen atoms in total. The lowest BCUT2D eigenvalue weighted by atomic mass is 10.0. The van der Waals surface area contributed by atoms with Crippen molar-refractivity contribution in [1.82, 2.24) is 15.2 Å². The van der Waals surface area contributed by atoms with Crippen LogP contribution in [0.5, 0.6) is 0 Å². The van der Waals surface area contributed by atoms with Crippen LogP contribution in [0.25, 0.3) is 0 Å². The summed E-state index contributed by atoms with van der Waals surface area (Å²) in [4.78, 5) is 7.04. The summed E-state index contributed by atoms with van der Waals surface area (Å²) >= 11 is 0. The Bertz CT molecular complexity index is 312. The van der Waals surface area contributed by atoms with Gasteiger partial charge in [0.1, 0.15) is 0 Å². The van der Waals surface area contributed by atoms with Crippen LogP contribution in [0.15, 0.2) is 24.4 Å². The van der Waals surface area contributed by atoms with Crippen LogP contribution in [0.3, 0.4) is 0 Å². The highest BCUT2D eigenvalue weighted by Gasteiger charge is 2.20. The molecule has 0 radical (unpaired) electrons. The average Bonchev–Trinajstić information content (AvgIpc) is 2.40. The van der Waals surface area contributed by atoms with Gasteiger partial charge in [0.05, 0.1) is 5.69 Å². The molecule has 1 aromatic heterocycles. The second-order valence-electron chi connectivity index (χ2n) is 4.77. The summed E-state index contributed by atoms with van der Waals surface area (Å²) < 4.78 is 0. The van der Waals surface area contributed by atoms with Crippen molar-refractivity contribution in [3.63, 3.8) is 0 Å². The number of piperidine rings is 1. The van der Waals surface area contributed by atoms with Crippen molar-refractivity contribution >= 4 is 12.4 Å². The van der Waals surface area contributed by atoms with Crippen LogP contribution in [0.1, 0.15) is 31.9 Å². The van der Waals surface area contributed by atoms with Gasteiger partial charge in [0.15, 0.2) is 0 Å². The van der Waals surface area contributed by atoms with Crippen LogP contribution in [-0.2, 0) is 6.54 Å². The van der Waals surface area contributed by atoms with Crippen molar-refractivity contribution in [2.24, 2.45) is 0 Å². The van der Waals surface area contributed by atoms with E-state index in [2.05, 4.69) is 34.3 Å². The third kappa shape index (κ3) is 4.56. The Morgan fingerprint density at radius 3 is 2.72 bits per heavy atom. The average molecular weight is 270 g/mol. The van der Waals surface area contributed by atoms with Crippen LogP contribution in [-0.4, -0.2) is 35.6 Å². The van der Waals surface area contributed by atoms with Crippen molar-refractivity contribution in [3.05, 3.63) is 30.1 Å². The SMILES string of the molecule is CCCN(Cc1ccccn1)C1CCNCC1.Cl. The van der Waals surface area contributed by atoms with E-state index in [1.165, 1.54) is 31.5 Å². The Kier molecular flexibility index (Phi) is 7.25. The molecule has 0 aliphatic carbocycles. The summed E-state index contributed by atoms with van der Waals surface area (Å²) in [5.41, 5.74) is 1.19. The summed E-state index contributed by atoms with van der Waals surface area (Å²) in [7, 11) is 0. The van der Waals surface area contributed by atoms with E-state index in [0.717, 1.165) is 25.7 Å². The zero-order valence-electron chi connectivity index (χ0n) is 11.1. The second-order valence-corrected chi connectivity index (χ2v) is 4.77. The highest BCUT2D eigenvalue weighted by atomic mass is 35.5. The van der Waals surface area contributed by atoms with Crippen molar-refractivity contribution in [2.75, 3.05) is 19.6 Å². The number of halogens is 1. The molecule has 4 heteroatoms. The summed E-state index contributed by atoms with van der Waals surface area (Å²) in [5.74, 6) is 0. The molecule has 0 atom stereocenters. The van der Waals surface area contributed by atoms with Crippen LogP contribution in [0, 0.1) is 0 Å². The van der Waals surface area contributed by atoms with Gasteiger partial charge in [-0.15, -0.1) is 12.4 Å². The van der Waals surface area contributed by atoms with E-state index in [-0.39, 0.29) is 12.4 Å². The Labute approximate surface area is 116 Å². The number of hydrogen-bond acceptors (Lipinski definition) is 3. The maximum absolute atomic E-state index is 4.44. The van der Waals surface area contributed by atoms with Crippen LogP contribution in [0.2, 0.25) is 0 Å². The minimum Gasteiger partial charge on any atom is -0.317 e. The van der Waals surface area contributed by atoms with E-state index in [1.54, 1.807) is 0 Å². The lowest BCUT2D eigenvalue weighted by Gasteiger charge is -2.34. The molecule has 1 fully saturated rings. The molecule has 1 saturated heterocycles. The molecule has 0 amide bonds. The second kappa shape index (κ2) is 8.46. The molecule has 1 N–H and O–H groups in total. The number of hydrogen-bond donors (Lipinski definition) is 1. The highest BCUT2D eigenvalue weighted by molar-refractivity contribution is 5.85. The first-order valence-electron chi connectivity index (χ1n) is 6.75. The topological polar surface area (TPSA) is 28.2 Å². The lowest BCUT2D eigenvalue weighted by molar-refractivity contribution is 0.152. The Hall–Kier alpha value is -0.640. The normalized spacial score (nSPS) is 16.6. The fourth-order valence-corrected chi connectivity index (χ4v) is 2.55. The van der Waals surface area contributed by atoms with Gasteiger partial charge in [0.25, 0.3) is 0 Å². The van der Waals surface area contributed by atoms with Crippen molar-refractivity contribution in [3.8, 4) is 0 Å². The van der Waals surface area contributed by atoms with E-state index in [4.69, 9.17) is 0 Å². The molecule has 2 heterocycles. The van der Waals surface area contributed by atoms with Crippen molar-refractivity contribution in [1.29, 1.82) is 0 Å². The zero-order valence-corrected chi connectivity index (χ0v) is 12.0. The third-order valence-corrected chi connectivity index (χ3v) is 3.43. The molecule has 1 aliphatic heterocycles. The lowest BCUT2D eigenvalue weighted by Crippen LogP contribution is -2.43. The van der Waals surface area contributed by atoms with Gasteiger partial charge in [-0.05, 0) is 51.0 Å². The van der Waals surface area contributed by atoms with Crippen LogP contribution >= 0.6 is 12.4 Å². The van der Waals surface area contributed by atoms with Gasteiger partial charge >= 0.3 is 0 Å². The van der Waals surface area contributed by atoms with Gasteiger partial charge < -0.3 is 5.32 Å². The molecular weight excluding hydrogens is 246 g/mol. The zero-order chi connectivity index (χ0) is 11.9. The van der Waals surface area contributed by atoms with Gasteiger partial charge in [-0.25, -0.2) is 0 Å². The van der Waals surface area contributed by atoms with Gasteiger partial charge in [0.2, 0.25) is 0 Å². The first-order valence-corrected chi connectivity index (χ1v) is 6.75. The predicted molar refractivity (Wildman–Crippen MR) is 78.1 cm³/mol. The molecule has 0 bridgehead atoms. The van der Waals surface area contributed by atoms with Gasteiger partial charge in [-0.2, -0.15) is 0 Å². The highest BCUT2D eigenvalue weighted by Crippen LogP contribution is 2.15. The molecule has 0 unspecified atom stereocenters. The summed E-state index contributed by atoms with van der Waals surface area (Å²) in [5, 5.41) is 3.43. The minimum atomic E-state index is 0. The molecule has 1 aromatic rings.